The van der Waals surface area contributed by atoms with Crippen LogP contribution in [0.2, 0.25) is 0 Å². The summed E-state index contributed by atoms with van der Waals surface area (Å²) in [7, 11) is 0. The van der Waals surface area contributed by atoms with Crippen LogP contribution in [0.25, 0.3) is 0 Å². The standard InChI is InChI=1S/C10H17NO3/c12-7-8-3-4-11(6-8)10(13)9-2-1-5-14-9/h8-9,12H,1-7H2/t8?,9-/m1/s1. The minimum absolute atomic E-state index is 0.124. The van der Waals surface area contributed by atoms with Gasteiger partial charge >= 0.3 is 0 Å². The van der Waals surface area contributed by atoms with Crippen molar-refractivity contribution in [2.45, 2.75) is 25.4 Å². The lowest BCUT2D eigenvalue weighted by Gasteiger charge is -2.19. The molecule has 2 aliphatic heterocycles. The third-order valence-electron chi connectivity index (χ3n) is 3.06. The van der Waals surface area contributed by atoms with Crippen molar-refractivity contribution in [2.75, 3.05) is 26.3 Å². The van der Waals surface area contributed by atoms with Crippen LogP contribution < -0.4 is 0 Å². The van der Waals surface area contributed by atoms with Gasteiger partial charge in [0.2, 0.25) is 0 Å². The van der Waals surface area contributed by atoms with Gasteiger partial charge < -0.3 is 14.7 Å². The molecule has 80 valence electrons. The zero-order valence-corrected chi connectivity index (χ0v) is 8.32. The number of hydrogen-bond acceptors (Lipinski definition) is 3. The molecule has 2 atom stereocenters. The van der Waals surface area contributed by atoms with Crippen LogP contribution in [0.3, 0.4) is 0 Å². The van der Waals surface area contributed by atoms with Crippen LogP contribution >= 0.6 is 0 Å². The van der Waals surface area contributed by atoms with Crippen LogP contribution in [-0.4, -0.2) is 48.3 Å². The molecule has 0 aromatic carbocycles. The Bertz CT molecular complexity index is 213. The largest absolute Gasteiger partial charge is 0.396 e. The second-order valence-corrected chi connectivity index (χ2v) is 4.12. The molecule has 1 N–H and O–H groups in total. The van der Waals surface area contributed by atoms with Crippen molar-refractivity contribution in [3.8, 4) is 0 Å². The molecule has 2 rings (SSSR count). The number of rotatable bonds is 2. The lowest BCUT2D eigenvalue weighted by Crippen LogP contribution is -2.37. The topological polar surface area (TPSA) is 49.8 Å². The van der Waals surface area contributed by atoms with E-state index in [1.54, 1.807) is 0 Å². The Morgan fingerprint density at radius 2 is 2.36 bits per heavy atom. The maximum atomic E-state index is 11.8. The van der Waals surface area contributed by atoms with Crippen LogP contribution in [0.5, 0.6) is 0 Å². The van der Waals surface area contributed by atoms with Gasteiger partial charge in [-0.05, 0) is 19.3 Å². The first-order valence-electron chi connectivity index (χ1n) is 5.32. The first kappa shape index (κ1) is 9.93. The van der Waals surface area contributed by atoms with Gasteiger partial charge in [-0.15, -0.1) is 0 Å². The Balaban J connectivity index is 1.86. The van der Waals surface area contributed by atoms with E-state index in [1.807, 2.05) is 4.90 Å². The number of carbonyl (C=O) groups is 1. The Kier molecular flexibility index (Phi) is 3.03. The summed E-state index contributed by atoms with van der Waals surface area (Å²) < 4.78 is 5.34. The zero-order valence-electron chi connectivity index (χ0n) is 8.32. The smallest absolute Gasteiger partial charge is 0.251 e. The monoisotopic (exact) mass is 199 g/mol. The Morgan fingerprint density at radius 3 is 2.93 bits per heavy atom. The van der Waals surface area contributed by atoms with E-state index in [9.17, 15) is 4.79 Å². The van der Waals surface area contributed by atoms with Crippen LogP contribution in [0.1, 0.15) is 19.3 Å². The van der Waals surface area contributed by atoms with E-state index in [2.05, 4.69) is 0 Å². The summed E-state index contributed by atoms with van der Waals surface area (Å²) in [5.74, 6) is 0.402. The zero-order chi connectivity index (χ0) is 9.97. The number of amides is 1. The molecule has 1 amide bonds. The van der Waals surface area contributed by atoms with Gasteiger partial charge in [0.05, 0.1) is 0 Å². The molecule has 0 spiro atoms. The third kappa shape index (κ3) is 1.91. The highest BCUT2D eigenvalue weighted by Gasteiger charge is 2.32. The second-order valence-electron chi connectivity index (χ2n) is 4.12. The van der Waals surface area contributed by atoms with Crippen molar-refractivity contribution in [1.82, 2.24) is 4.90 Å². The average molecular weight is 199 g/mol. The average Bonchev–Trinajstić information content (AvgIpc) is 2.88. The number of hydrogen-bond donors (Lipinski definition) is 1. The lowest BCUT2D eigenvalue weighted by molar-refractivity contribution is -0.139. The van der Waals surface area contributed by atoms with Crippen LogP contribution in [-0.2, 0) is 9.53 Å². The first-order chi connectivity index (χ1) is 6.81. The van der Waals surface area contributed by atoms with Gasteiger partial charge in [0, 0.05) is 32.2 Å². The van der Waals surface area contributed by atoms with Gasteiger partial charge in [-0.1, -0.05) is 0 Å². The van der Waals surface area contributed by atoms with E-state index in [0.717, 1.165) is 25.8 Å². The van der Waals surface area contributed by atoms with Gasteiger partial charge in [-0.25, -0.2) is 0 Å². The molecule has 2 saturated heterocycles. The summed E-state index contributed by atoms with van der Waals surface area (Å²) in [5, 5.41) is 8.96. The SMILES string of the molecule is O=C([C@H]1CCCO1)N1CCC(CO)C1. The highest BCUT2D eigenvalue weighted by molar-refractivity contribution is 5.81. The maximum Gasteiger partial charge on any atom is 0.251 e. The van der Waals surface area contributed by atoms with Crippen LogP contribution in [0, 0.1) is 5.92 Å². The van der Waals surface area contributed by atoms with Crippen molar-refractivity contribution in [3.63, 3.8) is 0 Å². The molecule has 4 nitrogen and oxygen atoms in total. The molecule has 0 aliphatic carbocycles. The Hall–Kier alpha value is -0.610. The number of likely N-dealkylation sites (tertiary alicyclic amines) is 1. The van der Waals surface area contributed by atoms with Crippen molar-refractivity contribution >= 4 is 5.91 Å². The number of ether oxygens (including phenoxy) is 1. The van der Waals surface area contributed by atoms with E-state index in [0.29, 0.717) is 13.2 Å². The molecule has 0 bridgehead atoms. The minimum Gasteiger partial charge on any atom is -0.396 e. The molecule has 14 heavy (non-hydrogen) atoms. The van der Waals surface area contributed by atoms with Crippen LogP contribution in [0.4, 0.5) is 0 Å². The van der Waals surface area contributed by atoms with Gasteiger partial charge in [0.1, 0.15) is 6.10 Å². The van der Waals surface area contributed by atoms with Crippen LogP contribution in [0.15, 0.2) is 0 Å². The van der Waals surface area contributed by atoms with E-state index < -0.39 is 0 Å². The van der Waals surface area contributed by atoms with Crippen molar-refractivity contribution in [1.29, 1.82) is 0 Å². The van der Waals surface area contributed by atoms with E-state index in [-0.39, 0.29) is 24.5 Å². The van der Waals surface area contributed by atoms with Gasteiger partial charge in [0.25, 0.3) is 5.91 Å². The summed E-state index contributed by atoms with van der Waals surface area (Å²) in [4.78, 5) is 13.7. The fourth-order valence-corrected chi connectivity index (χ4v) is 2.16. The predicted molar refractivity (Wildman–Crippen MR) is 50.7 cm³/mol. The number of aliphatic hydroxyl groups excluding tert-OH is 1. The quantitative estimate of drug-likeness (QED) is 0.681. The van der Waals surface area contributed by atoms with Gasteiger partial charge in [-0.2, -0.15) is 0 Å². The third-order valence-corrected chi connectivity index (χ3v) is 3.06. The maximum absolute atomic E-state index is 11.8. The Morgan fingerprint density at radius 1 is 1.50 bits per heavy atom. The van der Waals surface area contributed by atoms with Gasteiger partial charge in [0.15, 0.2) is 0 Å². The summed E-state index contributed by atoms with van der Waals surface area (Å²) in [5.41, 5.74) is 0. The molecule has 2 fully saturated rings. The summed E-state index contributed by atoms with van der Waals surface area (Å²) in [6.45, 7) is 2.39. The predicted octanol–water partition coefficient (Wildman–Crippen LogP) is 0.00620. The molecular weight excluding hydrogens is 182 g/mol. The fourth-order valence-electron chi connectivity index (χ4n) is 2.16. The highest BCUT2D eigenvalue weighted by Crippen LogP contribution is 2.20. The minimum atomic E-state index is -0.201. The molecule has 4 heteroatoms. The van der Waals surface area contributed by atoms with Gasteiger partial charge in [-0.3, -0.25) is 4.79 Å². The molecule has 0 radical (unpaired) electrons. The summed E-state index contributed by atoms with van der Waals surface area (Å²) in [6.07, 6.45) is 2.58. The molecular formula is C10H17NO3. The molecule has 2 aliphatic rings. The van der Waals surface area contributed by atoms with E-state index >= 15 is 0 Å². The van der Waals surface area contributed by atoms with E-state index in [4.69, 9.17) is 9.84 Å². The lowest BCUT2D eigenvalue weighted by atomic mass is 10.1. The van der Waals surface area contributed by atoms with Crippen molar-refractivity contribution in [3.05, 3.63) is 0 Å². The number of aliphatic hydroxyl groups is 1. The molecule has 0 aromatic rings. The Labute approximate surface area is 83.8 Å². The normalized spacial score (nSPS) is 32.5. The summed E-state index contributed by atoms with van der Waals surface area (Å²) >= 11 is 0. The number of carbonyl (C=O) groups excluding carboxylic acids is 1. The fraction of sp³-hybridized carbons (Fsp3) is 0.900. The molecule has 1 unspecified atom stereocenters. The second kappa shape index (κ2) is 4.28. The summed E-state index contributed by atoms with van der Waals surface area (Å²) in [6, 6.07) is 0. The molecule has 2 heterocycles. The molecule has 0 saturated carbocycles. The highest BCUT2D eigenvalue weighted by atomic mass is 16.5. The number of nitrogens with zero attached hydrogens (tertiary/aromatic N) is 1. The van der Waals surface area contributed by atoms with Crippen molar-refractivity contribution in [2.24, 2.45) is 5.92 Å². The molecule has 0 aromatic heterocycles. The van der Waals surface area contributed by atoms with E-state index in [1.165, 1.54) is 0 Å². The van der Waals surface area contributed by atoms with Crippen molar-refractivity contribution < 1.29 is 14.6 Å². The first-order valence-corrected chi connectivity index (χ1v) is 5.32.